The molecule has 13 heavy (non-hydrogen) atoms. The molecule has 0 bridgehead atoms. The van der Waals surface area contributed by atoms with Crippen LogP contribution < -0.4 is 5.32 Å². The average molecular weight is 185 g/mol. The van der Waals surface area contributed by atoms with Gasteiger partial charge in [-0.15, -0.1) is 0 Å². The molecule has 0 spiro atoms. The zero-order chi connectivity index (χ0) is 9.68. The van der Waals surface area contributed by atoms with Crippen molar-refractivity contribution in [1.29, 1.82) is 0 Å². The van der Waals surface area contributed by atoms with Crippen LogP contribution in [0.4, 0.5) is 0 Å². The molecule has 0 aliphatic heterocycles. The van der Waals surface area contributed by atoms with Gasteiger partial charge in [0, 0.05) is 19.1 Å². The minimum absolute atomic E-state index is 0.219. The second kappa shape index (κ2) is 5.22. The van der Waals surface area contributed by atoms with Crippen molar-refractivity contribution in [2.24, 2.45) is 11.8 Å². The minimum Gasteiger partial charge on any atom is -0.396 e. The number of aliphatic hydroxyl groups excluding tert-OH is 1. The Morgan fingerprint density at radius 3 is 2.69 bits per heavy atom. The zero-order valence-electron chi connectivity index (χ0n) is 8.25. The van der Waals surface area contributed by atoms with Crippen molar-refractivity contribution in [1.82, 2.24) is 5.32 Å². The summed E-state index contributed by atoms with van der Waals surface area (Å²) in [5, 5.41) is 11.4. The first-order chi connectivity index (χ1) is 6.25. The van der Waals surface area contributed by atoms with Crippen molar-refractivity contribution < 1.29 is 9.90 Å². The highest BCUT2D eigenvalue weighted by atomic mass is 16.2. The summed E-state index contributed by atoms with van der Waals surface area (Å²) in [4.78, 5) is 11.3. The number of hydrogen-bond acceptors (Lipinski definition) is 2. The van der Waals surface area contributed by atoms with Crippen LogP contribution in [0.1, 0.15) is 32.6 Å². The molecule has 3 heteroatoms. The van der Waals surface area contributed by atoms with Gasteiger partial charge in [-0.25, -0.2) is 0 Å². The van der Waals surface area contributed by atoms with E-state index in [1.54, 1.807) is 0 Å². The molecule has 76 valence electrons. The van der Waals surface area contributed by atoms with E-state index >= 15 is 0 Å². The van der Waals surface area contributed by atoms with E-state index in [4.69, 9.17) is 5.11 Å². The number of carbonyl (C=O) groups is 1. The van der Waals surface area contributed by atoms with Crippen LogP contribution in [0.25, 0.3) is 0 Å². The van der Waals surface area contributed by atoms with E-state index in [0.717, 1.165) is 32.2 Å². The third-order valence-electron chi connectivity index (χ3n) is 2.58. The van der Waals surface area contributed by atoms with Gasteiger partial charge >= 0.3 is 0 Å². The third kappa shape index (κ3) is 3.77. The summed E-state index contributed by atoms with van der Waals surface area (Å²) in [6.45, 7) is 3.13. The predicted octanol–water partition coefficient (Wildman–Crippen LogP) is 0.921. The van der Waals surface area contributed by atoms with Crippen molar-refractivity contribution >= 4 is 5.91 Å². The van der Waals surface area contributed by atoms with Gasteiger partial charge in [0.1, 0.15) is 0 Å². The minimum atomic E-state index is 0.219. The van der Waals surface area contributed by atoms with Crippen LogP contribution in [0.5, 0.6) is 0 Å². The number of hydrogen-bond donors (Lipinski definition) is 2. The molecule has 1 aliphatic carbocycles. The van der Waals surface area contributed by atoms with Gasteiger partial charge in [0.15, 0.2) is 0 Å². The van der Waals surface area contributed by atoms with Gasteiger partial charge in [-0.1, -0.05) is 6.92 Å². The molecule has 2 atom stereocenters. The SMILES string of the molecule is CC1CC1C(=O)NCCCCCO. The molecule has 3 nitrogen and oxygen atoms in total. The summed E-state index contributed by atoms with van der Waals surface area (Å²) in [5.74, 6) is 1.10. The number of amides is 1. The number of unbranched alkanes of at least 4 members (excludes halogenated alkanes) is 2. The largest absolute Gasteiger partial charge is 0.396 e. The maximum Gasteiger partial charge on any atom is 0.223 e. The number of rotatable bonds is 6. The van der Waals surface area contributed by atoms with Crippen molar-refractivity contribution in [3.8, 4) is 0 Å². The third-order valence-corrected chi connectivity index (χ3v) is 2.58. The van der Waals surface area contributed by atoms with Gasteiger partial charge in [0.25, 0.3) is 0 Å². The molecule has 0 radical (unpaired) electrons. The Balaban J connectivity index is 1.91. The van der Waals surface area contributed by atoms with E-state index in [1.807, 2.05) is 0 Å². The summed E-state index contributed by atoms with van der Waals surface area (Å²) in [6, 6.07) is 0. The second-order valence-electron chi connectivity index (χ2n) is 3.89. The van der Waals surface area contributed by atoms with Crippen LogP contribution >= 0.6 is 0 Å². The summed E-state index contributed by atoms with van der Waals surface area (Å²) >= 11 is 0. The molecular weight excluding hydrogens is 166 g/mol. The Kier molecular flexibility index (Phi) is 4.22. The molecule has 1 rings (SSSR count). The fourth-order valence-corrected chi connectivity index (χ4v) is 1.44. The smallest absolute Gasteiger partial charge is 0.223 e. The van der Waals surface area contributed by atoms with Crippen LogP contribution in [0.15, 0.2) is 0 Å². The highest BCUT2D eigenvalue weighted by Gasteiger charge is 2.38. The fraction of sp³-hybridized carbons (Fsp3) is 0.900. The molecule has 1 aliphatic rings. The maximum absolute atomic E-state index is 11.3. The topological polar surface area (TPSA) is 49.3 Å². The van der Waals surface area contributed by atoms with Crippen molar-refractivity contribution in [2.45, 2.75) is 32.6 Å². The normalized spacial score (nSPS) is 25.7. The quantitative estimate of drug-likeness (QED) is 0.605. The van der Waals surface area contributed by atoms with Crippen molar-refractivity contribution in [3.63, 3.8) is 0 Å². The predicted molar refractivity (Wildman–Crippen MR) is 51.2 cm³/mol. The van der Waals surface area contributed by atoms with Crippen LogP contribution in [0, 0.1) is 11.8 Å². The van der Waals surface area contributed by atoms with E-state index in [1.165, 1.54) is 0 Å². The monoisotopic (exact) mass is 185 g/mol. The molecule has 2 N–H and O–H groups in total. The van der Waals surface area contributed by atoms with Gasteiger partial charge in [-0.2, -0.15) is 0 Å². The number of carbonyl (C=O) groups excluding carboxylic acids is 1. The molecule has 0 heterocycles. The first-order valence-electron chi connectivity index (χ1n) is 5.14. The lowest BCUT2D eigenvalue weighted by molar-refractivity contribution is -0.122. The summed E-state index contributed by atoms with van der Waals surface area (Å²) < 4.78 is 0. The van der Waals surface area contributed by atoms with E-state index < -0.39 is 0 Å². The molecule has 0 aromatic rings. The molecule has 1 saturated carbocycles. The average Bonchev–Trinajstić information content (AvgIpc) is 2.82. The maximum atomic E-state index is 11.3. The number of aliphatic hydroxyl groups is 1. The molecular formula is C10H19NO2. The Bertz CT molecular complexity index is 170. The van der Waals surface area contributed by atoms with Crippen molar-refractivity contribution in [2.75, 3.05) is 13.2 Å². The van der Waals surface area contributed by atoms with E-state index in [-0.39, 0.29) is 18.4 Å². The van der Waals surface area contributed by atoms with E-state index in [2.05, 4.69) is 12.2 Å². The Hall–Kier alpha value is -0.570. The molecule has 0 aromatic heterocycles. The molecule has 2 unspecified atom stereocenters. The Labute approximate surface area is 79.5 Å². The standard InChI is InChI=1S/C10H19NO2/c1-8-7-9(8)10(13)11-5-3-2-4-6-12/h8-9,12H,2-7H2,1H3,(H,11,13). The highest BCUT2D eigenvalue weighted by Crippen LogP contribution is 2.37. The Morgan fingerprint density at radius 2 is 2.15 bits per heavy atom. The summed E-state index contributed by atoms with van der Waals surface area (Å²) in [6.07, 6.45) is 3.88. The van der Waals surface area contributed by atoms with Gasteiger partial charge in [-0.05, 0) is 31.6 Å². The second-order valence-corrected chi connectivity index (χ2v) is 3.89. The van der Waals surface area contributed by atoms with Crippen LogP contribution in [-0.2, 0) is 4.79 Å². The Morgan fingerprint density at radius 1 is 1.46 bits per heavy atom. The van der Waals surface area contributed by atoms with Crippen LogP contribution in [-0.4, -0.2) is 24.2 Å². The molecule has 1 fully saturated rings. The lowest BCUT2D eigenvalue weighted by Crippen LogP contribution is -2.26. The molecule has 0 saturated heterocycles. The summed E-state index contributed by atoms with van der Waals surface area (Å²) in [5.41, 5.74) is 0. The first-order valence-corrected chi connectivity index (χ1v) is 5.14. The van der Waals surface area contributed by atoms with Gasteiger partial charge in [0.2, 0.25) is 5.91 Å². The fourth-order valence-electron chi connectivity index (χ4n) is 1.44. The van der Waals surface area contributed by atoms with Crippen molar-refractivity contribution in [3.05, 3.63) is 0 Å². The van der Waals surface area contributed by atoms with Gasteiger partial charge < -0.3 is 10.4 Å². The lowest BCUT2D eigenvalue weighted by Gasteiger charge is -2.03. The highest BCUT2D eigenvalue weighted by molar-refractivity contribution is 5.81. The molecule has 0 aromatic carbocycles. The summed E-state index contributed by atoms with van der Waals surface area (Å²) in [7, 11) is 0. The van der Waals surface area contributed by atoms with Gasteiger partial charge in [0.05, 0.1) is 0 Å². The zero-order valence-corrected chi connectivity index (χ0v) is 8.25. The van der Waals surface area contributed by atoms with E-state index in [9.17, 15) is 4.79 Å². The van der Waals surface area contributed by atoms with Crippen LogP contribution in [0.3, 0.4) is 0 Å². The van der Waals surface area contributed by atoms with Gasteiger partial charge in [-0.3, -0.25) is 4.79 Å². The number of nitrogens with one attached hydrogen (secondary N) is 1. The van der Waals surface area contributed by atoms with E-state index in [0.29, 0.717) is 5.92 Å². The lowest BCUT2D eigenvalue weighted by atomic mass is 10.2. The van der Waals surface area contributed by atoms with Crippen LogP contribution in [0.2, 0.25) is 0 Å². The first kappa shape index (κ1) is 10.5. The molecule has 1 amide bonds.